The van der Waals surface area contributed by atoms with Crippen LogP contribution in [-0.2, 0) is 6.42 Å². The van der Waals surface area contributed by atoms with Gasteiger partial charge in [-0.2, -0.15) is 0 Å². The van der Waals surface area contributed by atoms with Gasteiger partial charge in [-0.05, 0) is 49.3 Å². The fourth-order valence-corrected chi connectivity index (χ4v) is 3.00. The minimum absolute atomic E-state index is 0.349. The monoisotopic (exact) mass is 242 g/mol. The van der Waals surface area contributed by atoms with Gasteiger partial charge >= 0.3 is 0 Å². The number of halogens is 2. The summed E-state index contributed by atoms with van der Waals surface area (Å²) in [4.78, 5) is 0. The van der Waals surface area contributed by atoms with Crippen molar-refractivity contribution < 1.29 is 0 Å². The van der Waals surface area contributed by atoms with Gasteiger partial charge in [0.25, 0.3) is 0 Å². The predicted octanol–water partition coefficient (Wildman–Crippen LogP) is 4.60. The molecule has 0 spiro atoms. The molecule has 0 nitrogen and oxygen atoms in total. The van der Waals surface area contributed by atoms with Crippen molar-refractivity contribution in [3.8, 4) is 0 Å². The number of rotatable bonds is 2. The Bertz CT molecular complexity index is 346. The van der Waals surface area contributed by atoms with Crippen molar-refractivity contribution in [2.75, 3.05) is 0 Å². The summed E-state index contributed by atoms with van der Waals surface area (Å²) in [6, 6.07) is 6.30. The highest BCUT2D eigenvalue weighted by molar-refractivity contribution is 6.31. The molecule has 0 aliphatic heterocycles. The maximum Gasteiger partial charge on any atom is 0.0440 e. The first-order chi connectivity index (χ1) is 7.16. The van der Waals surface area contributed by atoms with Gasteiger partial charge in [0.2, 0.25) is 0 Å². The molecule has 0 N–H and O–H groups in total. The van der Waals surface area contributed by atoms with Crippen LogP contribution in [0.4, 0.5) is 0 Å². The van der Waals surface area contributed by atoms with Crippen LogP contribution in [0.3, 0.4) is 0 Å². The molecule has 1 saturated carbocycles. The van der Waals surface area contributed by atoms with E-state index >= 15 is 0 Å². The second-order valence-corrected chi connectivity index (χ2v) is 5.47. The van der Waals surface area contributed by atoms with Crippen LogP contribution in [0.15, 0.2) is 18.2 Å². The summed E-state index contributed by atoms with van der Waals surface area (Å²) in [5.74, 6) is 0.617. The number of hydrogen-bond donors (Lipinski definition) is 0. The first kappa shape index (κ1) is 11.3. The van der Waals surface area contributed by atoms with E-state index < -0.39 is 0 Å². The van der Waals surface area contributed by atoms with Crippen molar-refractivity contribution in [3.63, 3.8) is 0 Å². The molecular formula is C13H16Cl2. The van der Waals surface area contributed by atoms with Crippen LogP contribution < -0.4 is 0 Å². The van der Waals surface area contributed by atoms with Gasteiger partial charge in [-0.3, -0.25) is 0 Å². The summed E-state index contributed by atoms with van der Waals surface area (Å²) in [6.07, 6.45) is 4.71. The first-order valence-corrected chi connectivity index (χ1v) is 6.37. The Hall–Kier alpha value is -0.200. The van der Waals surface area contributed by atoms with E-state index in [0.29, 0.717) is 11.3 Å². The molecule has 0 heterocycles. The summed E-state index contributed by atoms with van der Waals surface area (Å²) in [5, 5.41) is 1.24. The van der Waals surface area contributed by atoms with Gasteiger partial charge < -0.3 is 0 Å². The SMILES string of the molecule is Cc1ccc(CC2CCCC2Cl)c(Cl)c1. The summed E-state index contributed by atoms with van der Waals surface area (Å²) >= 11 is 12.5. The van der Waals surface area contributed by atoms with Gasteiger partial charge in [0.15, 0.2) is 0 Å². The molecule has 2 rings (SSSR count). The molecule has 1 fully saturated rings. The third-order valence-corrected chi connectivity index (χ3v) is 4.18. The lowest BCUT2D eigenvalue weighted by molar-refractivity contribution is 0.553. The number of aryl methyl sites for hydroxylation is 1. The molecule has 1 aliphatic rings. The Morgan fingerprint density at radius 2 is 2.13 bits per heavy atom. The maximum atomic E-state index is 6.27. The van der Waals surface area contributed by atoms with Crippen molar-refractivity contribution >= 4 is 23.2 Å². The second kappa shape index (κ2) is 4.76. The molecule has 0 saturated heterocycles. The minimum Gasteiger partial charge on any atom is -0.123 e. The highest BCUT2D eigenvalue weighted by Gasteiger charge is 2.25. The van der Waals surface area contributed by atoms with Crippen molar-refractivity contribution in [2.45, 2.75) is 38.0 Å². The van der Waals surface area contributed by atoms with E-state index in [-0.39, 0.29) is 0 Å². The van der Waals surface area contributed by atoms with Crippen LogP contribution in [0, 0.1) is 12.8 Å². The fourth-order valence-electron chi connectivity index (χ4n) is 2.32. The van der Waals surface area contributed by atoms with Crippen LogP contribution in [0.2, 0.25) is 5.02 Å². The fraction of sp³-hybridized carbons (Fsp3) is 0.538. The van der Waals surface area contributed by atoms with Crippen LogP contribution >= 0.6 is 23.2 Å². The van der Waals surface area contributed by atoms with E-state index in [1.807, 2.05) is 6.07 Å². The van der Waals surface area contributed by atoms with Gasteiger partial charge in [-0.15, -0.1) is 11.6 Å². The van der Waals surface area contributed by atoms with E-state index in [4.69, 9.17) is 23.2 Å². The molecule has 2 heteroatoms. The van der Waals surface area contributed by atoms with E-state index in [2.05, 4.69) is 19.1 Å². The highest BCUT2D eigenvalue weighted by Crippen LogP contribution is 2.34. The summed E-state index contributed by atoms with van der Waals surface area (Å²) in [7, 11) is 0. The van der Waals surface area contributed by atoms with E-state index in [9.17, 15) is 0 Å². The molecular weight excluding hydrogens is 227 g/mol. The third-order valence-electron chi connectivity index (χ3n) is 3.26. The maximum absolute atomic E-state index is 6.27. The number of hydrogen-bond acceptors (Lipinski definition) is 0. The van der Waals surface area contributed by atoms with Crippen LogP contribution in [0.1, 0.15) is 30.4 Å². The molecule has 1 aliphatic carbocycles. The average Bonchev–Trinajstić information content (AvgIpc) is 2.57. The van der Waals surface area contributed by atoms with Crippen LogP contribution in [-0.4, -0.2) is 5.38 Å². The van der Waals surface area contributed by atoms with Crippen molar-refractivity contribution in [1.82, 2.24) is 0 Å². The number of benzene rings is 1. The molecule has 0 radical (unpaired) electrons. The zero-order valence-electron chi connectivity index (χ0n) is 8.97. The lowest BCUT2D eigenvalue weighted by atomic mass is 9.97. The summed E-state index contributed by atoms with van der Waals surface area (Å²) in [6.45, 7) is 2.07. The van der Waals surface area contributed by atoms with E-state index in [1.165, 1.54) is 24.0 Å². The van der Waals surface area contributed by atoms with Gasteiger partial charge in [-0.1, -0.05) is 30.2 Å². The zero-order valence-corrected chi connectivity index (χ0v) is 10.5. The van der Waals surface area contributed by atoms with Crippen molar-refractivity contribution in [2.24, 2.45) is 5.92 Å². The molecule has 2 unspecified atom stereocenters. The summed E-state index contributed by atoms with van der Waals surface area (Å²) < 4.78 is 0. The first-order valence-electron chi connectivity index (χ1n) is 5.56. The lowest BCUT2D eigenvalue weighted by Crippen LogP contribution is -2.10. The van der Waals surface area contributed by atoms with Gasteiger partial charge in [-0.25, -0.2) is 0 Å². The normalized spacial score (nSPS) is 25.8. The highest BCUT2D eigenvalue weighted by atomic mass is 35.5. The summed E-state index contributed by atoms with van der Waals surface area (Å²) in [5.41, 5.74) is 2.47. The molecule has 2 atom stereocenters. The molecule has 0 bridgehead atoms. The Morgan fingerprint density at radius 3 is 2.73 bits per heavy atom. The Labute approximate surface area is 102 Å². The van der Waals surface area contributed by atoms with Gasteiger partial charge in [0, 0.05) is 10.4 Å². The number of alkyl halides is 1. The largest absolute Gasteiger partial charge is 0.123 e. The Balaban J connectivity index is 2.10. The van der Waals surface area contributed by atoms with Gasteiger partial charge in [0.1, 0.15) is 0 Å². The third kappa shape index (κ3) is 2.68. The second-order valence-electron chi connectivity index (χ2n) is 4.51. The van der Waals surface area contributed by atoms with Gasteiger partial charge in [0.05, 0.1) is 0 Å². The molecule has 82 valence electrons. The minimum atomic E-state index is 0.349. The van der Waals surface area contributed by atoms with Crippen molar-refractivity contribution in [1.29, 1.82) is 0 Å². The van der Waals surface area contributed by atoms with Crippen molar-refractivity contribution in [3.05, 3.63) is 34.3 Å². The molecule has 0 amide bonds. The molecule has 0 aromatic heterocycles. The predicted molar refractivity (Wildman–Crippen MR) is 66.9 cm³/mol. The van der Waals surface area contributed by atoms with E-state index in [1.54, 1.807) is 0 Å². The standard InChI is InChI=1S/C13H16Cl2/c1-9-5-6-11(13(15)7-9)8-10-3-2-4-12(10)14/h5-7,10,12H,2-4,8H2,1H3. The average molecular weight is 243 g/mol. The smallest absolute Gasteiger partial charge is 0.0440 e. The molecule has 1 aromatic rings. The van der Waals surface area contributed by atoms with E-state index in [0.717, 1.165) is 17.9 Å². The topological polar surface area (TPSA) is 0 Å². The lowest BCUT2D eigenvalue weighted by Gasteiger charge is -2.14. The van der Waals surface area contributed by atoms with Crippen LogP contribution in [0.5, 0.6) is 0 Å². The Kier molecular flexibility index (Phi) is 3.58. The molecule has 1 aromatic carbocycles. The molecule has 15 heavy (non-hydrogen) atoms. The Morgan fingerprint density at radius 1 is 1.33 bits per heavy atom. The van der Waals surface area contributed by atoms with Crippen LogP contribution in [0.25, 0.3) is 0 Å². The zero-order chi connectivity index (χ0) is 10.8. The quantitative estimate of drug-likeness (QED) is 0.666.